The molecule has 1 aliphatic rings. The molecule has 0 spiro atoms. The Kier molecular flexibility index (Phi) is 6.78. The van der Waals surface area contributed by atoms with Gasteiger partial charge in [-0.3, -0.25) is 4.79 Å². The lowest BCUT2D eigenvalue weighted by atomic mass is 10.0. The second-order valence-electron chi connectivity index (χ2n) is 11.3. The van der Waals surface area contributed by atoms with Crippen molar-refractivity contribution in [2.45, 2.75) is 98.3 Å². The second kappa shape index (κ2) is 8.95. The summed E-state index contributed by atoms with van der Waals surface area (Å²) in [4.78, 5) is 32.4. The Morgan fingerprint density at radius 1 is 1.12 bits per heavy atom. The number of piperidine rings is 1. The number of likely N-dealkylation sites (tertiary alicyclic amines) is 1. The highest BCUT2D eigenvalue weighted by atomic mass is 16.6. The summed E-state index contributed by atoms with van der Waals surface area (Å²) in [5, 5.41) is 8.72. The van der Waals surface area contributed by atoms with E-state index < -0.39 is 5.60 Å². The summed E-state index contributed by atoms with van der Waals surface area (Å²) in [7, 11) is 0. The molecule has 182 valence electrons. The molecule has 2 aromatic heterocycles. The van der Waals surface area contributed by atoms with E-state index in [-0.39, 0.29) is 29.5 Å². The molecule has 3 rings (SSSR count). The molecule has 0 bridgehead atoms. The first-order chi connectivity index (χ1) is 15.2. The van der Waals surface area contributed by atoms with Crippen molar-refractivity contribution in [1.29, 1.82) is 0 Å². The van der Waals surface area contributed by atoms with E-state index in [1.54, 1.807) is 4.90 Å². The van der Waals surface area contributed by atoms with Crippen molar-refractivity contribution in [1.82, 2.24) is 25.0 Å². The van der Waals surface area contributed by atoms with E-state index in [1.807, 2.05) is 38.4 Å². The summed E-state index contributed by atoms with van der Waals surface area (Å²) in [6.07, 6.45) is 1.09. The minimum atomic E-state index is -0.516. The molecule has 33 heavy (non-hydrogen) atoms. The molecule has 0 radical (unpaired) electrons. The van der Waals surface area contributed by atoms with Gasteiger partial charge in [-0.15, -0.1) is 0 Å². The first-order valence-corrected chi connectivity index (χ1v) is 11.9. The van der Waals surface area contributed by atoms with Crippen LogP contribution < -0.4 is 5.32 Å². The minimum absolute atomic E-state index is 0.000121. The average Bonchev–Trinajstić information content (AvgIpc) is 3.03. The van der Waals surface area contributed by atoms with Gasteiger partial charge in [0.25, 0.3) is 5.91 Å². The van der Waals surface area contributed by atoms with E-state index in [0.29, 0.717) is 31.5 Å². The van der Waals surface area contributed by atoms with Crippen LogP contribution in [0.4, 0.5) is 4.79 Å². The molecular weight excluding hydrogens is 418 g/mol. The number of aromatic nitrogens is 3. The standard InChI is InChI=1S/C25H39N5O3/c1-15(2)19-14-18(20-16(3)28-30(21(20)27-19)24(4,5)6)22(31)26-17-10-12-29(13-11-17)23(32)33-25(7,8)9/h14-15,17H,10-13H2,1-9H3,(H,26,31). The lowest BCUT2D eigenvalue weighted by Crippen LogP contribution is -2.47. The molecule has 8 nitrogen and oxygen atoms in total. The van der Waals surface area contributed by atoms with Gasteiger partial charge in [0.1, 0.15) is 5.60 Å². The molecule has 1 saturated heterocycles. The molecule has 1 fully saturated rings. The number of carbonyl (C=O) groups is 2. The first-order valence-electron chi connectivity index (χ1n) is 11.9. The van der Waals surface area contributed by atoms with Crippen LogP contribution in [0.5, 0.6) is 0 Å². The molecule has 1 N–H and O–H groups in total. The van der Waals surface area contributed by atoms with Crippen LogP contribution in [-0.2, 0) is 10.3 Å². The zero-order valence-electron chi connectivity index (χ0n) is 21.6. The van der Waals surface area contributed by atoms with E-state index >= 15 is 0 Å². The van der Waals surface area contributed by atoms with Crippen LogP contribution in [0.25, 0.3) is 11.0 Å². The highest BCUT2D eigenvalue weighted by molar-refractivity contribution is 6.06. The molecule has 3 heterocycles. The van der Waals surface area contributed by atoms with E-state index in [1.165, 1.54) is 0 Å². The van der Waals surface area contributed by atoms with Crippen LogP contribution in [0.2, 0.25) is 0 Å². The Balaban J connectivity index is 1.82. The molecular formula is C25H39N5O3. The maximum Gasteiger partial charge on any atom is 0.410 e. The SMILES string of the molecule is Cc1nn(C(C)(C)C)c2nc(C(C)C)cc(C(=O)NC3CCN(C(=O)OC(C)(C)C)CC3)c12. The van der Waals surface area contributed by atoms with Crippen LogP contribution >= 0.6 is 0 Å². The van der Waals surface area contributed by atoms with Crippen molar-refractivity contribution in [3.63, 3.8) is 0 Å². The number of nitrogens with one attached hydrogen (secondary N) is 1. The number of pyridine rings is 1. The second-order valence-corrected chi connectivity index (χ2v) is 11.3. The number of fused-ring (bicyclic) bond motifs is 1. The van der Waals surface area contributed by atoms with Gasteiger partial charge in [0, 0.05) is 24.8 Å². The average molecular weight is 458 g/mol. The highest BCUT2D eigenvalue weighted by Gasteiger charge is 2.29. The van der Waals surface area contributed by atoms with Crippen molar-refractivity contribution in [2.24, 2.45) is 0 Å². The summed E-state index contributed by atoms with van der Waals surface area (Å²) in [5.74, 6) is 0.0678. The Bertz CT molecular complexity index is 1030. The van der Waals surface area contributed by atoms with Crippen molar-refractivity contribution >= 4 is 23.0 Å². The molecule has 0 saturated carbocycles. The topological polar surface area (TPSA) is 89.4 Å². The van der Waals surface area contributed by atoms with Gasteiger partial charge < -0.3 is 15.0 Å². The Labute approximate surface area is 197 Å². The largest absolute Gasteiger partial charge is 0.444 e. The smallest absolute Gasteiger partial charge is 0.410 e. The molecule has 2 aromatic rings. The third-order valence-electron chi connectivity index (χ3n) is 5.79. The maximum absolute atomic E-state index is 13.4. The fourth-order valence-electron chi connectivity index (χ4n) is 4.05. The number of hydrogen-bond donors (Lipinski definition) is 1. The Hall–Kier alpha value is -2.64. The van der Waals surface area contributed by atoms with Crippen molar-refractivity contribution < 1.29 is 14.3 Å². The fraction of sp³-hybridized carbons (Fsp3) is 0.680. The van der Waals surface area contributed by atoms with Crippen LogP contribution in [-0.4, -0.2) is 56.4 Å². The number of rotatable bonds is 3. The van der Waals surface area contributed by atoms with E-state index in [9.17, 15) is 9.59 Å². The third kappa shape index (κ3) is 5.65. The van der Waals surface area contributed by atoms with Crippen LogP contribution in [0.1, 0.15) is 95.9 Å². The number of amides is 2. The van der Waals surface area contributed by atoms with Crippen molar-refractivity contribution in [3.8, 4) is 0 Å². The van der Waals surface area contributed by atoms with Gasteiger partial charge in [0.05, 0.1) is 22.2 Å². The molecule has 0 atom stereocenters. The van der Waals surface area contributed by atoms with Crippen LogP contribution in [0, 0.1) is 6.92 Å². The van der Waals surface area contributed by atoms with Gasteiger partial charge in [0.15, 0.2) is 5.65 Å². The predicted molar refractivity (Wildman–Crippen MR) is 130 cm³/mol. The lowest BCUT2D eigenvalue weighted by Gasteiger charge is -2.33. The lowest BCUT2D eigenvalue weighted by molar-refractivity contribution is 0.0199. The molecule has 8 heteroatoms. The summed E-state index contributed by atoms with van der Waals surface area (Å²) in [6, 6.07) is 1.90. The van der Waals surface area contributed by atoms with E-state index in [2.05, 4.69) is 39.9 Å². The predicted octanol–water partition coefficient (Wildman–Crippen LogP) is 4.75. The van der Waals surface area contributed by atoms with Gasteiger partial charge in [-0.1, -0.05) is 13.8 Å². The fourth-order valence-corrected chi connectivity index (χ4v) is 4.05. The normalized spacial score (nSPS) is 15.9. The van der Waals surface area contributed by atoms with Gasteiger partial charge >= 0.3 is 6.09 Å². The number of hydrogen-bond acceptors (Lipinski definition) is 5. The highest BCUT2D eigenvalue weighted by Crippen LogP contribution is 2.29. The molecule has 0 aliphatic carbocycles. The Morgan fingerprint density at radius 3 is 2.24 bits per heavy atom. The van der Waals surface area contributed by atoms with Gasteiger partial charge in [-0.05, 0) is 73.3 Å². The summed E-state index contributed by atoms with van der Waals surface area (Å²) in [5.41, 5.74) is 2.27. The van der Waals surface area contributed by atoms with Crippen molar-refractivity contribution in [2.75, 3.05) is 13.1 Å². The summed E-state index contributed by atoms with van der Waals surface area (Å²) in [6.45, 7) is 19.0. The number of ether oxygens (including phenoxy) is 1. The Morgan fingerprint density at radius 2 is 1.73 bits per heavy atom. The first kappa shape index (κ1) is 25.0. The van der Waals surface area contributed by atoms with Gasteiger partial charge in [0.2, 0.25) is 0 Å². The van der Waals surface area contributed by atoms with Crippen LogP contribution in [0.3, 0.4) is 0 Å². The molecule has 2 amide bonds. The quantitative estimate of drug-likeness (QED) is 0.719. The van der Waals surface area contributed by atoms with Gasteiger partial charge in [-0.2, -0.15) is 5.10 Å². The summed E-state index contributed by atoms with van der Waals surface area (Å²) >= 11 is 0. The monoisotopic (exact) mass is 457 g/mol. The number of carbonyl (C=O) groups excluding carboxylic acids is 2. The van der Waals surface area contributed by atoms with E-state index in [0.717, 1.165) is 22.4 Å². The molecule has 0 aromatic carbocycles. The zero-order valence-corrected chi connectivity index (χ0v) is 21.6. The van der Waals surface area contributed by atoms with Crippen LogP contribution in [0.15, 0.2) is 6.07 Å². The minimum Gasteiger partial charge on any atom is -0.444 e. The molecule has 0 unspecified atom stereocenters. The van der Waals surface area contributed by atoms with E-state index in [4.69, 9.17) is 14.8 Å². The van der Waals surface area contributed by atoms with Crippen molar-refractivity contribution in [3.05, 3.63) is 23.0 Å². The maximum atomic E-state index is 13.4. The number of nitrogens with zero attached hydrogens (tertiary/aromatic N) is 4. The molecule has 1 aliphatic heterocycles. The van der Waals surface area contributed by atoms with Gasteiger partial charge in [-0.25, -0.2) is 14.5 Å². The zero-order chi connectivity index (χ0) is 24.7. The summed E-state index contributed by atoms with van der Waals surface area (Å²) < 4.78 is 7.39. The number of aryl methyl sites for hydroxylation is 1. The third-order valence-corrected chi connectivity index (χ3v) is 5.79.